The van der Waals surface area contributed by atoms with Crippen molar-refractivity contribution in [3.63, 3.8) is 0 Å². The minimum atomic E-state index is -0.587. The van der Waals surface area contributed by atoms with Gasteiger partial charge in [0.25, 0.3) is 0 Å². The average Bonchev–Trinajstić information content (AvgIpc) is 2.34. The van der Waals surface area contributed by atoms with Gasteiger partial charge in [0.15, 0.2) is 5.76 Å². The molecule has 0 bridgehead atoms. The van der Waals surface area contributed by atoms with Crippen LogP contribution in [0.5, 0.6) is 5.75 Å². The standard InChI is InChI=1S/C13H14O4/c1-10(2)13(15)17-9-11(14)8-16-12-6-4-3-5-7-12/h3-7,9,14H,1,8H2,2H3/b11-9-. The Kier molecular flexibility index (Phi) is 4.81. The molecule has 0 radical (unpaired) electrons. The summed E-state index contributed by atoms with van der Waals surface area (Å²) in [7, 11) is 0. The predicted molar refractivity (Wildman–Crippen MR) is 63.6 cm³/mol. The fourth-order valence-electron chi connectivity index (χ4n) is 0.930. The lowest BCUT2D eigenvalue weighted by atomic mass is 10.3. The van der Waals surface area contributed by atoms with Gasteiger partial charge >= 0.3 is 5.97 Å². The topological polar surface area (TPSA) is 55.8 Å². The molecule has 1 aromatic carbocycles. The van der Waals surface area contributed by atoms with Gasteiger partial charge in [0.1, 0.15) is 18.6 Å². The molecule has 1 N–H and O–H groups in total. The lowest BCUT2D eigenvalue weighted by Gasteiger charge is -2.05. The van der Waals surface area contributed by atoms with Gasteiger partial charge in [-0.05, 0) is 19.1 Å². The van der Waals surface area contributed by atoms with Crippen LogP contribution in [0.3, 0.4) is 0 Å². The first kappa shape index (κ1) is 12.8. The molecule has 0 heterocycles. The molecule has 17 heavy (non-hydrogen) atoms. The zero-order valence-electron chi connectivity index (χ0n) is 9.55. The van der Waals surface area contributed by atoms with Crippen molar-refractivity contribution in [1.29, 1.82) is 0 Å². The van der Waals surface area contributed by atoms with E-state index in [0.717, 1.165) is 6.26 Å². The van der Waals surface area contributed by atoms with E-state index in [-0.39, 0.29) is 17.9 Å². The second-order valence-electron chi connectivity index (χ2n) is 3.40. The maximum absolute atomic E-state index is 11.0. The van der Waals surface area contributed by atoms with Crippen LogP contribution in [-0.4, -0.2) is 17.7 Å². The zero-order valence-corrected chi connectivity index (χ0v) is 9.55. The summed E-state index contributed by atoms with van der Waals surface area (Å²) in [5.41, 5.74) is 0.262. The molecule has 90 valence electrons. The van der Waals surface area contributed by atoms with E-state index >= 15 is 0 Å². The first-order valence-corrected chi connectivity index (χ1v) is 5.02. The maximum Gasteiger partial charge on any atom is 0.338 e. The highest BCUT2D eigenvalue weighted by molar-refractivity contribution is 5.87. The Morgan fingerprint density at radius 3 is 2.65 bits per heavy atom. The Morgan fingerprint density at radius 2 is 2.06 bits per heavy atom. The fraction of sp³-hybridized carbons (Fsp3) is 0.154. The summed E-state index contributed by atoms with van der Waals surface area (Å²) in [4.78, 5) is 11.0. The Bertz CT molecular complexity index is 420. The monoisotopic (exact) mass is 234 g/mol. The molecule has 0 aliphatic carbocycles. The highest BCUT2D eigenvalue weighted by Crippen LogP contribution is 2.09. The van der Waals surface area contributed by atoms with Crippen molar-refractivity contribution in [2.45, 2.75) is 6.92 Å². The molecule has 0 saturated carbocycles. The van der Waals surface area contributed by atoms with Gasteiger partial charge in [-0.2, -0.15) is 0 Å². The molecule has 1 aromatic rings. The largest absolute Gasteiger partial charge is 0.506 e. The van der Waals surface area contributed by atoms with Crippen molar-refractivity contribution in [3.8, 4) is 5.75 Å². The summed E-state index contributed by atoms with van der Waals surface area (Å²) in [6.45, 7) is 4.87. The molecule has 0 fully saturated rings. The molecule has 0 saturated heterocycles. The van der Waals surface area contributed by atoms with Crippen molar-refractivity contribution in [1.82, 2.24) is 0 Å². The number of aliphatic hydroxyl groups is 1. The summed E-state index contributed by atoms with van der Waals surface area (Å²) in [5.74, 6) is -0.140. The number of rotatable bonds is 5. The molecule has 0 aliphatic heterocycles. The first-order chi connectivity index (χ1) is 8.09. The SMILES string of the molecule is C=C(C)C(=O)O/C=C(\O)COc1ccccc1. The number of esters is 1. The van der Waals surface area contributed by atoms with E-state index < -0.39 is 5.97 Å². The first-order valence-electron chi connectivity index (χ1n) is 5.02. The summed E-state index contributed by atoms with van der Waals surface area (Å²) in [6.07, 6.45) is 0.944. The van der Waals surface area contributed by atoms with Crippen LogP contribution >= 0.6 is 0 Å². The minimum Gasteiger partial charge on any atom is -0.506 e. The molecule has 0 unspecified atom stereocenters. The fourth-order valence-corrected chi connectivity index (χ4v) is 0.930. The Labute approximate surface area is 99.8 Å². The van der Waals surface area contributed by atoms with Gasteiger partial charge in [0.05, 0.1) is 0 Å². The quantitative estimate of drug-likeness (QED) is 0.483. The van der Waals surface area contributed by atoms with E-state index in [2.05, 4.69) is 11.3 Å². The van der Waals surface area contributed by atoms with Crippen molar-refractivity contribution >= 4 is 5.97 Å². The second-order valence-corrected chi connectivity index (χ2v) is 3.40. The highest BCUT2D eigenvalue weighted by Gasteiger charge is 2.02. The summed E-state index contributed by atoms with van der Waals surface area (Å²) >= 11 is 0. The van der Waals surface area contributed by atoms with Gasteiger partial charge in [-0.25, -0.2) is 4.79 Å². The highest BCUT2D eigenvalue weighted by atomic mass is 16.5. The third kappa shape index (κ3) is 4.88. The van der Waals surface area contributed by atoms with E-state index in [1.54, 1.807) is 12.1 Å². The predicted octanol–water partition coefficient (Wildman–Crippen LogP) is 2.58. The number of carbonyl (C=O) groups is 1. The molecular weight excluding hydrogens is 220 g/mol. The van der Waals surface area contributed by atoms with E-state index in [1.807, 2.05) is 18.2 Å². The van der Waals surface area contributed by atoms with Crippen LogP contribution in [0.25, 0.3) is 0 Å². The maximum atomic E-state index is 11.0. The molecule has 0 amide bonds. The molecule has 0 spiro atoms. The number of para-hydroxylation sites is 1. The molecular formula is C13H14O4. The summed E-state index contributed by atoms with van der Waals surface area (Å²) in [5, 5.41) is 9.37. The van der Waals surface area contributed by atoms with Crippen LogP contribution < -0.4 is 4.74 Å². The van der Waals surface area contributed by atoms with Gasteiger partial charge in [0, 0.05) is 5.57 Å². The average molecular weight is 234 g/mol. The third-order valence-electron chi connectivity index (χ3n) is 1.78. The number of ether oxygens (including phenoxy) is 2. The number of hydrogen-bond donors (Lipinski definition) is 1. The van der Waals surface area contributed by atoms with E-state index in [0.29, 0.717) is 5.75 Å². The lowest BCUT2D eigenvalue weighted by Crippen LogP contribution is -2.04. The smallest absolute Gasteiger partial charge is 0.338 e. The number of aliphatic hydroxyl groups excluding tert-OH is 1. The zero-order chi connectivity index (χ0) is 12.7. The number of hydrogen-bond acceptors (Lipinski definition) is 4. The summed E-state index contributed by atoms with van der Waals surface area (Å²) in [6, 6.07) is 9.01. The third-order valence-corrected chi connectivity index (χ3v) is 1.78. The molecule has 0 atom stereocenters. The summed E-state index contributed by atoms with van der Waals surface area (Å²) < 4.78 is 9.85. The van der Waals surface area contributed by atoms with E-state index in [4.69, 9.17) is 4.74 Å². The second kappa shape index (κ2) is 6.37. The molecule has 0 aromatic heterocycles. The van der Waals surface area contributed by atoms with E-state index in [1.165, 1.54) is 6.92 Å². The minimum absolute atomic E-state index is 0.0620. The van der Waals surface area contributed by atoms with Crippen LogP contribution in [0.1, 0.15) is 6.92 Å². The Morgan fingerprint density at radius 1 is 1.41 bits per heavy atom. The van der Waals surface area contributed by atoms with Gasteiger partial charge in [0.2, 0.25) is 0 Å². The van der Waals surface area contributed by atoms with Crippen LogP contribution in [0.2, 0.25) is 0 Å². The van der Waals surface area contributed by atoms with Gasteiger partial charge in [-0.1, -0.05) is 24.8 Å². The number of benzene rings is 1. The molecule has 1 rings (SSSR count). The number of carbonyl (C=O) groups excluding carboxylic acids is 1. The van der Waals surface area contributed by atoms with Crippen LogP contribution in [0, 0.1) is 0 Å². The van der Waals surface area contributed by atoms with Gasteiger partial charge in [-0.3, -0.25) is 0 Å². The van der Waals surface area contributed by atoms with Gasteiger partial charge < -0.3 is 14.6 Å². The molecule has 0 aliphatic rings. The van der Waals surface area contributed by atoms with Crippen molar-refractivity contribution in [2.75, 3.05) is 6.61 Å². The van der Waals surface area contributed by atoms with Crippen molar-refractivity contribution in [3.05, 3.63) is 54.5 Å². The lowest BCUT2D eigenvalue weighted by molar-refractivity contribution is -0.133. The van der Waals surface area contributed by atoms with Crippen molar-refractivity contribution in [2.24, 2.45) is 0 Å². The Balaban J connectivity index is 2.39. The van der Waals surface area contributed by atoms with Crippen LogP contribution in [0.15, 0.2) is 54.5 Å². The van der Waals surface area contributed by atoms with Gasteiger partial charge in [-0.15, -0.1) is 0 Å². The molecule has 4 heteroatoms. The van der Waals surface area contributed by atoms with Crippen molar-refractivity contribution < 1.29 is 19.4 Å². The Hall–Kier alpha value is -2.23. The normalized spacial score (nSPS) is 10.8. The van der Waals surface area contributed by atoms with E-state index in [9.17, 15) is 9.90 Å². The molecule has 4 nitrogen and oxygen atoms in total. The van der Waals surface area contributed by atoms with Crippen LogP contribution in [0.4, 0.5) is 0 Å². The van der Waals surface area contributed by atoms with Crippen LogP contribution in [-0.2, 0) is 9.53 Å².